The second kappa shape index (κ2) is 8.79. The van der Waals surface area contributed by atoms with Crippen LogP contribution in [0.4, 0.5) is 5.69 Å². The molecule has 2 aromatic heterocycles. The Morgan fingerprint density at radius 3 is 2.50 bits per heavy atom. The summed E-state index contributed by atoms with van der Waals surface area (Å²) in [7, 11) is -4.48. The summed E-state index contributed by atoms with van der Waals surface area (Å²) in [5.41, 5.74) is 5.67. The summed E-state index contributed by atoms with van der Waals surface area (Å²) in [6.07, 6.45) is 0. The van der Waals surface area contributed by atoms with Crippen molar-refractivity contribution in [3.05, 3.63) is 93.3 Å². The maximum atomic E-state index is 13.5. The van der Waals surface area contributed by atoms with Gasteiger partial charge in [-0.1, -0.05) is 18.2 Å². The smallest absolute Gasteiger partial charge is 0.358 e. The van der Waals surface area contributed by atoms with Crippen molar-refractivity contribution in [2.24, 2.45) is 0 Å². The van der Waals surface area contributed by atoms with Gasteiger partial charge in [0, 0.05) is 33.3 Å². The van der Waals surface area contributed by atoms with Gasteiger partial charge in [0.2, 0.25) is 0 Å². The quantitative estimate of drug-likeness (QED) is 0.224. The summed E-state index contributed by atoms with van der Waals surface area (Å²) >= 11 is 0. The molecule has 0 amide bonds. The average Bonchev–Trinajstić information content (AvgIpc) is 3.20. The fraction of sp³-hybridized carbons (Fsp3) is 0.179. The first-order valence-corrected chi connectivity index (χ1v) is 13.2. The van der Waals surface area contributed by atoms with E-state index < -0.39 is 13.6 Å². The van der Waals surface area contributed by atoms with Crippen molar-refractivity contribution in [1.29, 1.82) is 0 Å². The van der Waals surface area contributed by atoms with E-state index in [1.54, 1.807) is 25.1 Å². The van der Waals surface area contributed by atoms with Gasteiger partial charge in [-0.3, -0.25) is 9.36 Å². The third kappa shape index (κ3) is 4.26. The molecule has 0 radical (unpaired) electrons. The van der Waals surface area contributed by atoms with E-state index in [1.165, 1.54) is 6.07 Å². The van der Waals surface area contributed by atoms with E-state index in [0.717, 1.165) is 33.3 Å². The van der Waals surface area contributed by atoms with E-state index in [-0.39, 0.29) is 10.7 Å². The molecule has 0 aliphatic carbocycles. The number of aromatic amines is 1. The molecule has 1 atom stereocenters. The summed E-state index contributed by atoms with van der Waals surface area (Å²) in [5.74, 6) is 0.501. The lowest BCUT2D eigenvalue weighted by molar-refractivity contribution is 0.387. The zero-order valence-electron chi connectivity index (χ0n) is 20.4. The third-order valence-electron chi connectivity index (χ3n) is 6.47. The Bertz CT molecular complexity index is 1750. The summed E-state index contributed by atoms with van der Waals surface area (Å²) in [6, 6.07) is 17.6. The molecule has 5 rings (SSSR count). The van der Waals surface area contributed by atoms with Gasteiger partial charge in [-0.15, -0.1) is 0 Å². The van der Waals surface area contributed by atoms with Crippen LogP contribution in [0, 0.1) is 20.8 Å². The zero-order valence-corrected chi connectivity index (χ0v) is 21.3. The van der Waals surface area contributed by atoms with E-state index >= 15 is 0 Å². The molecule has 3 aromatic carbocycles. The van der Waals surface area contributed by atoms with Crippen LogP contribution in [-0.2, 0) is 4.57 Å². The topological polar surface area (TPSA) is 116 Å². The summed E-state index contributed by atoms with van der Waals surface area (Å²) in [5, 5.41) is 4.63. The number of H-pyrrole nitrogens is 1. The number of fused-ring (bicyclic) bond motifs is 2. The third-order valence-corrected chi connectivity index (χ3v) is 7.48. The highest BCUT2D eigenvalue weighted by Crippen LogP contribution is 2.38. The van der Waals surface area contributed by atoms with Crippen molar-refractivity contribution >= 4 is 40.5 Å². The molecule has 0 bridgehead atoms. The lowest BCUT2D eigenvalue weighted by atomic mass is 9.98. The van der Waals surface area contributed by atoms with E-state index in [1.807, 2.05) is 57.2 Å². The van der Waals surface area contributed by atoms with E-state index in [4.69, 9.17) is 4.42 Å². The number of aryl methyl sites for hydroxylation is 2. The van der Waals surface area contributed by atoms with Gasteiger partial charge in [-0.25, -0.2) is 0 Å². The minimum absolute atomic E-state index is 0.0816. The Hall–Kier alpha value is -3.64. The lowest BCUT2D eigenvalue weighted by Crippen LogP contribution is -2.17. The molecular weight excluding hydrogens is 475 g/mol. The van der Waals surface area contributed by atoms with Gasteiger partial charge in [0.25, 0.3) is 0 Å². The molecule has 36 heavy (non-hydrogen) atoms. The second-order valence-electron chi connectivity index (χ2n) is 9.30. The Morgan fingerprint density at radius 1 is 1.00 bits per heavy atom. The van der Waals surface area contributed by atoms with Gasteiger partial charge in [0.1, 0.15) is 11.3 Å². The molecule has 8 heteroatoms. The number of hydrogen-bond acceptors (Lipinski definition) is 4. The van der Waals surface area contributed by atoms with Gasteiger partial charge >= 0.3 is 7.60 Å². The zero-order chi connectivity index (χ0) is 25.8. The Kier molecular flexibility index (Phi) is 5.87. The predicted octanol–water partition coefficient (Wildman–Crippen LogP) is 5.84. The van der Waals surface area contributed by atoms with Gasteiger partial charge in [-0.05, 0) is 75.7 Å². The van der Waals surface area contributed by atoms with Crippen molar-refractivity contribution in [2.75, 3.05) is 5.32 Å². The first kappa shape index (κ1) is 24.1. The highest BCUT2D eigenvalue weighted by Gasteiger charge is 2.24. The minimum Gasteiger partial charge on any atom is -0.455 e. The number of hydrogen-bond donors (Lipinski definition) is 4. The Labute approximate surface area is 208 Å². The molecule has 0 saturated heterocycles. The van der Waals surface area contributed by atoms with Crippen LogP contribution >= 0.6 is 7.60 Å². The first-order valence-electron chi connectivity index (χ1n) is 11.6. The number of rotatable bonds is 5. The van der Waals surface area contributed by atoms with Crippen LogP contribution in [0.5, 0.6) is 0 Å². The minimum atomic E-state index is -4.48. The van der Waals surface area contributed by atoms with E-state index in [9.17, 15) is 19.1 Å². The molecule has 1 unspecified atom stereocenters. The van der Waals surface area contributed by atoms with E-state index in [0.29, 0.717) is 28.0 Å². The monoisotopic (exact) mass is 502 g/mol. The standard InChI is InChI=1S/C28H27N2O5P/c1-15-11-21(18(4)30-24-7-5-6-8-25(24)36(32,33)34)28-22(12-15)26(31)17(3)27(35-28)19-9-10-23-20(14-19)13-16(2)29-23/h5-14,18,29-30H,1-4H3,(H2,32,33,34). The normalized spacial score (nSPS) is 12.8. The Morgan fingerprint density at radius 2 is 1.75 bits per heavy atom. The molecule has 184 valence electrons. The van der Waals surface area contributed by atoms with Crippen LogP contribution < -0.4 is 16.1 Å². The van der Waals surface area contributed by atoms with Crippen molar-refractivity contribution in [2.45, 2.75) is 33.7 Å². The number of para-hydroxylation sites is 1. The van der Waals surface area contributed by atoms with Crippen LogP contribution in [0.1, 0.15) is 35.3 Å². The lowest BCUT2D eigenvalue weighted by Gasteiger charge is -2.21. The highest BCUT2D eigenvalue weighted by atomic mass is 31.2. The van der Waals surface area contributed by atoms with Crippen molar-refractivity contribution in [3.63, 3.8) is 0 Å². The molecule has 0 saturated carbocycles. The molecule has 5 aromatic rings. The number of nitrogens with one attached hydrogen (secondary N) is 2. The van der Waals surface area contributed by atoms with Gasteiger partial charge in [0.15, 0.2) is 5.43 Å². The molecule has 2 heterocycles. The van der Waals surface area contributed by atoms with Crippen LogP contribution in [0.2, 0.25) is 0 Å². The first-order chi connectivity index (χ1) is 17.0. The SMILES string of the molecule is Cc1cc(C(C)Nc2ccccc2P(=O)(O)O)c2oc(-c3ccc4[nH]c(C)cc4c3)c(C)c(=O)c2c1. The maximum Gasteiger partial charge on any atom is 0.358 e. The fourth-order valence-corrected chi connectivity index (χ4v) is 5.48. The van der Waals surface area contributed by atoms with Crippen LogP contribution in [0.25, 0.3) is 33.2 Å². The maximum absolute atomic E-state index is 13.5. The molecule has 0 spiro atoms. The Balaban J connectivity index is 1.67. The predicted molar refractivity (Wildman–Crippen MR) is 144 cm³/mol. The average molecular weight is 503 g/mol. The van der Waals surface area contributed by atoms with Crippen LogP contribution in [-0.4, -0.2) is 14.8 Å². The molecule has 4 N–H and O–H groups in total. The van der Waals surface area contributed by atoms with Gasteiger partial charge < -0.3 is 24.5 Å². The fourth-order valence-electron chi connectivity index (χ4n) is 4.74. The van der Waals surface area contributed by atoms with Gasteiger partial charge in [0.05, 0.1) is 22.4 Å². The molecule has 7 nitrogen and oxygen atoms in total. The van der Waals surface area contributed by atoms with Crippen LogP contribution in [0.3, 0.4) is 0 Å². The highest BCUT2D eigenvalue weighted by molar-refractivity contribution is 7.60. The van der Waals surface area contributed by atoms with Gasteiger partial charge in [-0.2, -0.15) is 0 Å². The molecule has 0 aliphatic heterocycles. The van der Waals surface area contributed by atoms with Crippen molar-refractivity contribution in [1.82, 2.24) is 4.98 Å². The molecule has 0 aliphatic rings. The molecular formula is C28H27N2O5P. The van der Waals surface area contributed by atoms with Crippen molar-refractivity contribution in [3.8, 4) is 11.3 Å². The summed E-state index contributed by atoms with van der Waals surface area (Å²) in [6.45, 7) is 7.55. The summed E-state index contributed by atoms with van der Waals surface area (Å²) < 4.78 is 18.5. The number of anilines is 1. The second-order valence-corrected chi connectivity index (χ2v) is 10.9. The molecule has 0 fully saturated rings. The largest absolute Gasteiger partial charge is 0.455 e. The van der Waals surface area contributed by atoms with Crippen molar-refractivity contribution < 1.29 is 18.8 Å². The number of benzene rings is 3. The number of aromatic nitrogens is 1. The van der Waals surface area contributed by atoms with Crippen LogP contribution in [0.15, 0.2) is 69.9 Å². The van der Waals surface area contributed by atoms with E-state index in [2.05, 4.69) is 10.3 Å². The summed E-state index contributed by atoms with van der Waals surface area (Å²) in [4.78, 5) is 36.3.